The standard InChI is InChI=1S/C12H16Cl3N3O/c1-11(2,3)18-10(12(13,14)15)17-9(19)8-5-4-6-16-7-8/h4-7,10,18H,1-3H3,(H,17,19)/p+1/t10-/m1/s1. The van der Waals surface area contributed by atoms with E-state index in [0.717, 1.165) is 0 Å². The van der Waals surface area contributed by atoms with Crippen molar-refractivity contribution in [3.8, 4) is 0 Å². The second-order valence-electron chi connectivity index (χ2n) is 5.27. The monoisotopic (exact) mass is 324 g/mol. The lowest BCUT2D eigenvalue weighted by molar-refractivity contribution is -0.749. The van der Waals surface area contributed by atoms with Crippen LogP contribution in [-0.2, 0) is 0 Å². The van der Waals surface area contributed by atoms with Gasteiger partial charge in [0.2, 0.25) is 6.17 Å². The van der Waals surface area contributed by atoms with Crippen LogP contribution < -0.4 is 10.6 Å². The summed E-state index contributed by atoms with van der Waals surface area (Å²) in [4.78, 5) is 15.9. The number of alkyl halides is 3. The van der Waals surface area contributed by atoms with Crippen molar-refractivity contribution >= 4 is 40.7 Å². The topological polar surface area (TPSA) is 58.6 Å². The Labute approximate surface area is 127 Å². The third-order valence-electron chi connectivity index (χ3n) is 2.23. The molecule has 7 heteroatoms. The van der Waals surface area contributed by atoms with Gasteiger partial charge in [-0.15, -0.1) is 0 Å². The number of amides is 1. The molecule has 0 aliphatic heterocycles. The maximum Gasteiger partial charge on any atom is 0.262 e. The SMILES string of the molecule is CC(C)(C)[NH2+][C@@H](NC(=O)c1cccnc1)C(Cl)(Cl)Cl. The van der Waals surface area contributed by atoms with E-state index in [9.17, 15) is 4.79 Å². The lowest BCUT2D eigenvalue weighted by Crippen LogP contribution is -3.03. The third kappa shape index (κ3) is 5.95. The Morgan fingerprint density at radius 2 is 2.00 bits per heavy atom. The Bertz CT molecular complexity index is 426. The number of carbonyl (C=O) groups is 1. The van der Waals surface area contributed by atoms with Crippen LogP contribution in [0.5, 0.6) is 0 Å². The lowest BCUT2D eigenvalue weighted by atomic mass is 10.1. The zero-order valence-electron chi connectivity index (χ0n) is 11.0. The highest BCUT2D eigenvalue weighted by molar-refractivity contribution is 6.68. The van der Waals surface area contributed by atoms with Gasteiger partial charge in [-0.3, -0.25) is 15.1 Å². The summed E-state index contributed by atoms with van der Waals surface area (Å²) in [5, 5.41) is 4.50. The van der Waals surface area contributed by atoms with Gasteiger partial charge in [-0.25, -0.2) is 0 Å². The van der Waals surface area contributed by atoms with Crippen molar-refractivity contribution in [1.82, 2.24) is 10.3 Å². The normalized spacial score (nSPS) is 14.0. The van der Waals surface area contributed by atoms with Gasteiger partial charge in [0.05, 0.1) is 11.1 Å². The van der Waals surface area contributed by atoms with Crippen molar-refractivity contribution < 1.29 is 10.1 Å². The van der Waals surface area contributed by atoms with E-state index in [-0.39, 0.29) is 11.4 Å². The highest BCUT2D eigenvalue weighted by Gasteiger charge is 2.40. The van der Waals surface area contributed by atoms with Crippen LogP contribution in [0.3, 0.4) is 0 Å². The third-order valence-corrected chi connectivity index (χ3v) is 2.93. The molecule has 0 bridgehead atoms. The van der Waals surface area contributed by atoms with Crippen molar-refractivity contribution in [2.75, 3.05) is 0 Å². The minimum absolute atomic E-state index is 0.198. The minimum atomic E-state index is -1.61. The molecule has 1 rings (SSSR count). The van der Waals surface area contributed by atoms with E-state index >= 15 is 0 Å². The molecule has 0 saturated heterocycles. The number of nitrogens with zero attached hydrogens (tertiary/aromatic N) is 1. The van der Waals surface area contributed by atoms with Crippen LogP contribution in [-0.4, -0.2) is 26.4 Å². The first kappa shape index (κ1) is 16.5. The Kier molecular flexibility index (Phi) is 5.44. The largest absolute Gasteiger partial charge is 0.319 e. The number of quaternary nitrogens is 1. The average molecular weight is 326 g/mol. The van der Waals surface area contributed by atoms with Crippen LogP contribution in [0.1, 0.15) is 31.1 Å². The van der Waals surface area contributed by atoms with Crippen molar-refractivity contribution in [2.45, 2.75) is 36.3 Å². The summed E-state index contributed by atoms with van der Waals surface area (Å²) in [5.41, 5.74) is 0.223. The second-order valence-corrected chi connectivity index (χ2v) is 7.64. The number of hydrogen-bond acceptors (Lipinski definition) is 2. The molecular weight excluding hydrogens is 309 g/mol. The van der Waals surface area contributed by atoms with E-state index in [2.05, 4.69) is 10.3 Å². The number of nitrogens with one attached hydrogen (secondary N) is 1. The van der Waals surface area contributed by atoms with Gasteiger partial charge in [-0.2, -0.15) is 0 Å². The number of rotatable bonds is 3. The molecule has 0 fully saturated rings. The van der Waals surface area contributed by atoms with Crippen LogP contribution in [0.2, 0.25) is 0 Å². The fourth-order valence-electron chi connectivity index (χ4n) is 1.44. The van der Waals surface area contributed by atoms with Gasteiger partial charge in [0.25, 0.3) is 9.70 Å². The zero-order chi connectivity index (χ0) is 14.7. The Morgan fingerprint density at radius 1 is 1.37 bits per heavy atom. The average Bonchev–Trinajstić information content (AvgIpc) is 2.26. The summed E-state index contributed by atoms with van der Waals surface area (Å²) in [6, 6.07) is 3.32. The predicted molar refractivity (Wildman–Crippen MR) is 77.5 cm³/mol. The summed E-state index contributed by atoms with van der Waals surface area (Å²) in [6.07, 6.45) is 2.36. The molecule has 0 aliphatic carbocycles. The number of hydrogen-bond donors (Lipinski definition) is 2. The summed E-state index contributed by atoms with van der Waals surface area (Å²) in [5.74, 6) is -0.329. The highest BCUT2D eigenvalue weighted by atomic mass is 35.6. The molecule has 1 atom stereocenters. The molecule has 0 spiro atoms. The number of carbonyl (C=O) groups excluding carboxylic acids is 1. The zero-order valence-corrected chi connectivity index (χ0v) is 13.2. The van der Waals surface area contributed by atoms with Gasteiger partial charge in [0, 0.05) is 12.4 Å². The molecule has 0 radical (unpaired) electrons. The van der Waals surface area contributed by atoms with Crippen LogP contribution in [0, 0.1) is 0 Å². The van der Waals surface area contributed by atoms with E-state index in [4.69, 9.17) is 34.8 Å². The molecule has 0 aliphatic rings. The molecule has 3 N–H and O–H groups in total. The molecule has 0 aromatic carbocycles. The van der Waals surface area contributed by atoms with Crippen LogP contribution >= 0.6 is 34.8 Å². The molecule has 1 aromatic heterocycles. The Balaban J connectivity index is 2.82. The van der Waals surface area contributed by atoms with Gasteiger partial charge in [-0.1, -0.05) is 34.8 Å². The Morgan fingerprint density at radius 3 is 2.42 bits per heavy atom. The van der Waals surface area contributed by atoms with Gasteiger partial charge >= 0.3 is 0 Å². The van der Waals surface area contributed by atoms with E-state index in [1.165, 1.54) is 6.20 Å². The van der Waals surface area contributed by atoms with Gasteiger partial charge < -0.3 is 5.32 Å². The van der Waals surface area contributed by atoms with Crippen LogP contribution in [0.25, 0.3) is 0 Å². The molecule has 1 aromatic rings. The first-order valence-corrected chi connectivity index (χ1v) is 6.86. The number of halogens is 3. The number of pyridine rings is 1. The van der Waals surface area contributed by atoms with Crippen molar-refractivity contribution in [1.29, 1.82) is 0 Å². The molecule has 19 heavy (non-hydrogen) atoms. The van der Waals surface area contributed by atoms with Gasteiger partial charge in [0.15, 0.2) is 0 Å². The second kappa shape index (κ2) is 6.27. The maximum absolute atomic E-state index is 12.0. The fraction of sp³-hybridized carbons (Fsp3) is 0.500. The minimum Gasteiger partial charge on any atom is -0.319 e. The van der Waals surface area contributed by atoms with Crippen LogP contribution in [0.4, 0.5) is 0 Å². The van der Waals surface area contributed by atoms with Crippen LogP contribution in [0.15, 0.2) is 24.5 Å². The summed E-state index contributed by atoms with van der Waals surface area (Å²) < 4.78 is -1.61. The maximum atomic E-state index is 12.0. The summed E-state index contributed by atoms with van der Waals surface area (Å²) in [7, 11) is 0. The van der Waals surface area contributed by atoms with E-state index in [1.54, 1.807) is 23.6 Å². The number of nitrogens with two attached hydrogens (primary N) is 1. The van der Waals surface area contributed by atoms with Crippen molar-refractivity contribution in [2.24, 2.45) is 0 Å². The highest BCUT2D eigenvalue weighted by Crippen LogP contribution is 2.27. The van der Waals surface area contributed by atoms with E-state index < -0.39 is 9.96 Å². The molecule has 1 heterocycles. The Hall–Kier alpha value is -0.550. The molecule has 1 amide bonds. The molecule has 4 nitrogen and oxygen atoms in total. The predicted octanol–water partition coefficient (Wildman–Crippen LogP) is 1.87. The van der Waals surface area contributed by atoms with Crippen molar-refractivity contribution in [3.63, 3.8) is 0 Å². The first-order valence-electron chi connectivity index (χ1n) is 5.73. The quantitative estimate of drug-likeness (QED) is 0.658. The molecule has 106 valence electrons. The summed E-state index contributed by atoms with van der Waals surface area (Å²) in [6.45, 7) is 5.89. The molecule has 0 saturated carbocycles. The molecule has 0 unspecified atom stereocenters. The lowest BCUT2D eigenvalue weighted by Gasteiger charge is -2.29. The summed E-state index contributed by atoms with van der Waals surface area (Å²) >= 11 is 17.7. The first-order chi connectivity index (χ1) is 8.59. The van der Waals surface area contributed by atoms with Gasteiger partial charge in [-0.05, 0) is 32.9 Å². The van der Waals surface area contributed by atoms with Crippen molar-refractivity contribution in [3.05, 3.63) is 30.1 Å². The van der Waals surface area contributed by atoms with E-state index in [0.29, 0.717) is 5.56 Å². The smallest absolute Gasteiger partial charge is 0.262 e. The number of aromatic nitrogens is 1. The fourth-order valence-corrected chi connectivity index (χ4v) is 1.79. The molecular formula is C12H17Cl3N3O+. The van der Waals surface area contributed by atoms with Gasteiger partial charge in [0.1, 0.15) is 0 Å². The van der Waals surface area contributed by atoms with E-state index in [1.807, 2.05) is 20.8 Å².